The number of nitrogens with zero attached hydrogens (tertiary/aromatic N) is 1. The van der Waals surface area contributed by atoms with Crippen molar-refractivity contribution < 1.29 is 18.8 Å². The largest absolute Gasteiger partial charge is 0.455 e. The van der Waals surface area contributed by atoms with Gasteiger partial charge in [0, 0.05) is 43.1 Å². The third-order valence-electron chi connectivity index (χ3n) is 4.67. The van der Waals surface area contributed by atoms with Crippen LogP contribution in [0.15, 0.2) is 33.6 Å². The van der Waals surface area contributed by atoms with Crippen LogP contribution in [0.25, 0.3) is 0 Å². The summed E-state index contributed by atoms with van der Waals surface area (Å²) in [4.78, 5) is 39.2. The summed E-state index contributed by atoms with van der Waals surface area (Å²) >= 11 is 1.11. The SMILES string of the molecule is Cc1c(C(=O)Nc2ccc(SC(=O)N(C)C)cc2)oc2c1C(=O)CC(C)(C)C2. The van der Waals surface area contributed by atoms with Gasteiger partial charge in [-0.05, 0) is 48.4 Å². The molecule has 0 atom stereocenters. The molecule has 0 unspecified atom stereocenters. The number of benzene rings is 1. The predicted octanol–water partition coefficient (Wildman–Crippen LogP) is 4.77. The van der Waals surface area contributed by atoms with Crippen molar-refractivity contribution in [3.8, 4) is 0 Å². The third kappa shape index (κ3) is 4.14. The number of Topliss-reactive ketones (excluding diaryl/α,β-unsaturated/α-hetero) is 1. The number of ketones is 1. The van der Waals surface area contributed by atoms with Gasteiger partial charge in [-0.3, -0.25) is 14.4 Å². The number of nitrogens with one attached hydrogen (secondary N) is 1. The summed E-state index contributed by atoms with van der Waals surface area (Å²) in [5.74, 6) is 0.413. The molecule has 2 aromatic rings. The van der Waals surface area contributed by atoms with Gasteiger partial charge in [0.05, 0.1) is 5.56 Å². The normalized spacial score (nSPS) is 15.1. The summed E-state index contributed by atoms with van der Waals surface area (Å²) in [6, 6.07) is 7.01. The van der Waals surface area contributed by atoms with Crippen molar-refractivity contribution in [2.75, 3.05) is 19.4 Å². The number of carbonyl (C=O) groups is 3. The first kappa shape index (κ1) is 20.2. The summed E-state index contributed by atoms with van der Waals surface area (Å²) in [7, 11) is 3.39. The Labute approximate surface area is 168 Å². The quantitative estimate of drug-likeness (QED) is 0.751. The monoisotopic (exact) mass is 400 g/mol. The first-order valence-corrected chi connectivity index (χ1v) is 9.85. The molecule has 1 aromatic carbocycles. The lowest BCUT2D eigenvalue weighted by atomic mass is 9.76. The summed E-state index contributed by atoms with van der Waals surface area (Å²) in [6.07, 6.45) is 1.08. The van der Waals surface area contributed by atoms with Gasteiger partial charge >= 0.3 is 0 Å². The van der Waals surface area contributed by atoms with E-state index in [1.165, 1.54) is 4.90 Å². The van der Waals surface area contributed by atoms with Crippen LogP contribution < -0.4 is 5.32 Å². The first-order chi connectivity index (χ1) is 13.1. The fourth-order valence-corrected chi connectivity index (χ4v) is 3.94. The third-order valence-corrected chi connectivity index (χ3v) is 5.71. The molecule has 1 aromatic heterocycles. The molecule has 7 heteroatoms. The van der Waals surface area contributed by atoms with Gasteiger partial charge in [-0.15, -0.1) is 0 Å². The molecule has 1 N–H and O–H groups in total. The number of amides is 2. The van der Waals surface area contributed by atoms with Crippen molar-refractivity contribution in [1.29, 1.82) is 0 Å². The van der Waals surface area contributed by atoms with Gasteiger partial charge in [-0.2, -0.15) is 0 Å². The number of fused-ring (bicyclic) bond motifs is 1. The van der Waals surface area contributed by atoms with Crippen LogP contribution in [-0.2, 0) is 6.42 Å². The number of hydrogen-bond donors (Lipinski definition) is 1. The number of carbonyl (C=O) groups excluding carboxylic acids is 3. The van der Waals surface area contributed by atoms with Gasteiger partial charge in [0.2, 0.25) is 0 Å². The van der Waals surface area contributed by atoms with Crippen molar-refractivity contribution in [1.82, 2.24) is 4.90 Å². The van der Waals surface area contributed by atoms with Crippen molar-refractivity contribution in [2.45, 2.75) is 38.5 Å². The van der Waals surface area contributed by atoms with Crippen LogP contribution in [0.4, 0.5) is 10.5 Å². The zero-order valence-corrected chi connectivity index (χ0v) is 17.5. The molecular formula is C21H24N2O4S. The Morgan fingerprint density at radius 3 is 2.39 bits per heavy atom. The van der Waals surface area contributed by atoms with E-state index in [4.69, 9.17) is 4.42 Å². The van der Waals surface area contributed by atoms with Gasteiger partial charge in [0.25, 0.3) is 11.1 Å². The lowest BCUT2D eigenvalue weighted by Gasteiger charge is -2.27. The standard InChI is InChI=1S/C21H24N2O4S/c1-12-17-15(24)10-21(2,3)11-16(17)27-18(12)19(25)22-13-6-8-14(9-7-13)28-20(26)23(4)5/h6-9H,10-11H2,1-5H3,(H,22,25). The number of furan rings is 1. The molecule has 0 bridgehead atoms. The minimum Gasteiger partial charge on any atom is -0.455 e. The average Bonchev–Trinajstić information content (AvgIpc) is 2.91. The molecule has 1 aliphatic carbocycles. The maximum absolute atomic E-state index is 12.7. The molecule has 0 radical (unpaired) electrons. The number of anilines is 1. The Hall–Kier alpha value is -2.54. The Bertz CT molecular complexity index is 942. The lowest BCUT2D eigenvalue weighted by molar-refractivity contribution is 0.0898. The van der Waals surface area contributed by atoms with Gasteiger partial charge in [0.1, 0.15) is 5.76 Å². The highest BCUT2D eigenvalue weighted by atomic mass is 32.2. The molecule has 3 rings (SSSR count). The van der Waals surface area contributed by atoms with Gasteiger partial charge < -0.3 is 14.6 Å². The van der Waals surface area contributed by atoms with Crippen LogP contribution >= 0.6 is 11.8 Å². The molecule has 0 fully saturated rings. The van der Waals surface area contributed by atoms with E-state index in [1.807, 2.05) is 13.8 Å². The maximum Gasteiger partial charge on any atom is 0.291 e. The van der Waals surface area contributed by atoms with Crippen LogP contribution in [0.3, 0.4) is 0 Å². The van der Waals surface area contributed by atoms with Crippen molar-refractivity contribution in [3.05, 3.63) is 46.9 Å². The highest BCUT2D eigenvalue weighted by molar-refractivity contribution is 8.13. The average molecular weight is 401 g/mol. The van der Waals surface area contributed by atoms with Crippen LogP contribution in [0, 0.1) is 12.3 Å². The topological polar surface area (TPSA) is 79.6 Å². The summed E-state index contributed by atoms with van der Waals surface area (Å²) in [5, 5.41) is 2.73. The van der Waals surface area contributed by atoms with Crippen LogP contribution in [0.1, 0.15) is 52.5 Å². The molecule has 1 aliphatic rings. The molecule has 0 saturated carbocycles. The Kier molecular flexibility index (Phi) is 5.39. The summed E-state index contributed by atoms with van der Waals surface area (Å²) in [6.45, 7) is 5.79. The molecule has 1 heterocycles. The van der Waals surface area contributed by atoms with Crippen LogP contribution in [0.2, 0.25) is 0 Å². The molecule has 0 spiro atoms. The Morgan fingerprint density at radius 2 is 1.79 bits per heavy atom. The van der Waals surface area contributed by atoms with Crippen molar-refractivity contribution in [2.24, 2.45) is 5.41 Å². The highest BCUT2D eigenvalue weighted by Crippen LogP contribution is 2.38. The second kappa shape index (κ2) is 7.47. The van der Waals surface area contributed by atoms with Crippen molar-refractivity contribution in [3.63, 3.8) is 0 Å². The number of thioether (sulfide) groups is 1. The van der Waals surface area contributed by atoms with Gasteiger partial charge in [-0.25, -0.2) is 0 Å². The van der Waals surface area contributed by atoms with E-state index >= 15 is 0 Å². The molecule has 0 aliphatic heterocycles. The zero-order valence-electron chi connectivity index (χ0n) is 16.7. The molecule has 28 heavy (non-hydrogen) atoms. The Balaban J connectivity index is 1.76. The van der Waals surface area contributed by atoms with Gasteiger partial charge in [-0.1, -0.05) is 13.8 Å². The van der Waals surface area contributed by atoms with Crippen LogP contribution in [-0.4, -0.2) is 35.9 Å². The fraction of sp³-hybridized carbons (Fsp3) is 0.381. The van der Waals surface area contributed by atoms with E-state index in [-0.39, 0.29) is 28.1 Å². The fourth-order valence-electron chi connectivity index (χ4n) is 3.29. The lowest BCUT2D eigenvalue weighted by Crippen LogP contribution is -2.26. The number of hydrogen-bond acceptors (Lipinski definition) is 5. The molecule has 148 valence electrons. The second-order valence-electron chi connectivity index (χ2n) is 8.04. The predicted molar refractivity (Wildman–Crippen MR) is 109 cm³/mol. The Morgan fingerprint density at radius 1 is 1.14 bits per heavy atom. The first-order valence-electron chi connectivity index (χ1n) is 9.03. The van der Waals surface area contributed by atoms with Gasteiger partial charge in [0.15, 0.2) is 11.5 Å². The van der Waals surface area contributed by atoms with Crippen molar-refractivity contribution >= 4 is 34.4 Å². The van der Waals surface area contributed by atoms with E-state index in [2.05, 4.69) is 5.32 Å². The summed E-state index contributed by atoms with van der Waals surface area (Å²) < 4.78 is 5.79. The van der Waals surface area contributed by atoms with E-state index in [0.29, 0.717) is 35.4 Å². The molecule has 2 amide bonds. The summed E-state index contributed by atoms with van der Waals surface area (Å²) in [5.41, 5.74) is 1.57. The zero-order chi connectivity index (χ0) is 20.6. The highest BCUT2D eigenvalue weighted by Gasteiger charge is 2.37. The van der Waals surface area contributed by atoms with E-state index in [9.17, 15) is 14.4 Å². The second-order valence-corrected chi connectivity index (χ2v) is 9.06. The number of rotatable bonds is 3. The molecule has 6 nitrogen and oxygen atoms in total. The smallest absolute Gasteiger partial charge is 0.291 e. The molecular weight excluding hydrogens is 376 g/mol. The van der Waals surface area contributed by atoms with E-state index < -0.39 is 0 Å². The van der Waals surface area contributed by atoms with E-state index in [1.54, 1.807) is 45.3 Å². The van der Waals surface area contributed by atoms with E-state index in [0.717, 1.165) is 16.7 Å². The maximum atomic E-state index is 12.7. The van der Waals surface area contributed by atoms with Crippen LogP contribution in [0.5, 0.6) is 0 Å². The minimum atomic E-state index is -0.387. The minimum absolute atomic E-state index is 0.0264. The molecule has 0 saturated heterocycles.